The van der Waals surface area contributed by atoms with Crippen molar-refractivity contribution < 1.29 is 9.18 Å². The van der Waals surface area contributed by atoms with Gasteiger partial charge in [-0.2, -0.15) is 5.26 Å². The van der Waals surface area contributed by atoms with Crippen LogP contribution in [0.15, 0.2) is 36.8 Å². The number of amides is 1. The monoisotopic (exact) mass is 392 g/mol. The molecule has 1 saturated heterocycles. The molecule has 0 atom stereocenters. The lowest BCUT2D eigenvalue weighted by atomic mass is 9.86. The molecule has 5 rings (SSSR count). The Labute approximate surface area is 167 Å². The Morgan fingerprint density at radius 3 is 2.86 bits per heavy atom. The number of anilines is 1. The molecule has 2 aliphatic rings. The summed E-state index contributed by atoms with van der Waals surface area (Å²) in [7, 11) is 0. The average molecular weight is 392 g/mol. The molecule has 7 nitrogen and oxygen atoms in total. The fourth-order valence-electron chi connectivity index (χ4n) is 4.60. The van der Waals surface area contributed by atoms with Crippen molar-refractivity contribution in [3.8, 4) is 6.07 Å². The molecule has 0 radical (unpaired) electrons. The van der Waals surface area contributed by atoms with Crippen molar-refractivity contribution in [1.29, 1.82) is 5.26 Å². The van der Waals surface area contributed by atoms with Gasteiger partial charge in [-0.25, -0.2) is 13.9 Å². The van der Waals surface area contributed by atoms with Gasteiger partial charge in [0, 0.05) is 37.2 Å². The number of nitrogens with one attached hydrogen (secondary N) is 2. The summed E-state index contributed by atoms with van der Waals surface area (Å²) in [6, 6.07) is 6.76. The molecule has 1 aromatic carbocycles. The van der Waals surface area contributed by atoms with Gasteiger partial charge in [0.15, 0.2) is 5.65 Å². The van der Waals surface area contributed by atoms with Crippen LogP contribution in [0.25, 0.3) is 5.65 Å². The molecule has 3 heterocycles. The number of aromatic amines is 1. The number of piperidine rings is 1. The molecule has 3 aromatic rings. The van der Waals surface area contributed by atoms with Gasteiger partial charge in [-0.15, -0.1) is 0 Å². The number of hydrogen-bond acceptors (Lipinski definition) is 4. The highest BCUT2D eigenvalue weighted by Crippen LogP contribution is 2.47. The van der Waals surface area contributed by atoms with Crippen LogP contribution in [0.5, 0.6) is 0 Å². The largest absolute Gasteiger partial charge is 0.370 e. The average Bonchev–Trinajstić information content (AvgIpc) is 3.17. The number of imidazole rings is 1. The summed E-state index contributed by atoms with van der Waals surface area (Å²) in [4.78, 5) is 19.2. The molecule has 148 valence electrons. The fourth-order valence-corrected chi connectivity index (χ4v) is 4.60. The predicted octanol–water partition coefficient (Wildman–Crippen LogP) is 2.85. The number of H-pyrrole nitrogens is 1. The highest BCUT2D eigenvalue weighted by Gasteiger charge is 2.51. The Balaban J connectivity index is 1.27. The normalized spacial score (nSPS) is 18.6. The zero-order valence-corrected chi connectivity index (χ0v) is 15.9. The van der Waals surface area contributed by atoms with E-state index in [2.05, 4.69) is 20.3 Å². The lowest BCUT2D eigenvalue weighted by Crippen LogP contribution is -2.47. The van der Waals surface area contributed by atoms with Crippen LogP contribution < -0.4 is 10.2 Å². The second kappa shape index (κ2) is 6.62. The zero-order valence-electron chi connectivity index (χ0n) is 15.9. The number of rotatable bonds is 4. The zero-order chi connectivity index (χ0) is 20.0. The lowest BCUT2D eigenvalue weighted by molar-refractivity contribution is 0.0907. The maximum absolute atomic E-state index is 13.9. The smallest absolute Gasteiger partial charge is 0.257 e. The van der Waals surface area contributed by atoms with Crippen molar-refractivity contribution in [1.82, 2.24) is 19.9 Å². The van der Waals surface area contributed by atoms with Crippen LogP contribution in [0.2, 0.25) is 0 Å². The van der Waals surface area contributed by atoms with E-state index in [1.54, 1.807) is 35.2 Å². The number of hydrogen-bond donors (Lipinski definition) is 2. The molecule has 1 amide bonds. The van der Waals surface area contributed by atoms with Crippen molar-refractivity contribution in [2.24, 2.45) is 5.92 Å². The van der Waals surface area contributed by atoms with Crippen molar-refractivity contribution >= 4 is 17.2 Å². The summed E-state index contributed by atoms with van der Waals surface area (Å²) in [6.45, 7) is 1.49. The molecule has 0 unspecified atom stereocenters. The lowest BCUT2D eigenvalue weighted by Gasteiger charge is -2.38. The molecule has 1 aliphatic carbocycles. The van der Waals surface area contributed by atoms with E-state index in [4.69, 9.17) is 0 Å². The minimum absolute atomic E-state index is 0.0979. The van der Waals surface area contributed by atoms with Crippen LogP contribution in [-0.2, 0) is 0 Å². The van der Waals surface area contributed by atoms with Crippen molar-refractivity contribution in [2.45, 2.75) is 31.2 Å². The summed E-state index contributed by atoms with van der Waals surface area (Å²) < 4.78 is 15.7. The van der Waals surface area contributed by atoms with Crippen molar-refractivity contribution in [3.63, 3.8) is 0 Å². The molecule has 8 heteroatoms. The molecule has 2 N–H and O–H groups in total. The molecule has 2 aromatic heterocycles. The summed E-state index contributed by atoms with van der Waals surface area (Å²) in [5.41, 5.74) is 1.79. The second-order valence-electron chi connectivity index (χ2n) is 7.93. The van der Waals surface area contributed by atoms with Gasteiger partial charge in [-0.1, -0.05) is 6.07 Å². The fraction of sp³-hybridized carbons (Fsp3) is 0.381. The summed E-state index contributed by atoms with van der Waals surface area (Å²) in [5, 5.41) is 15.6. The van der Waals surface area contributed by atoms with Crippen molar-refractivity contribution in [3.05, 3.63) is 53.7 Å². The number of carbonyl (C=O) groups excluding carboxylic acids is 1. The highest BCUT2D eigenvalue weighted by molar-refractivity contribution is 6.00. The van der Waals surface area contributed by atoms with E-state index in [-0.39, 0.29) is 17.0 Å². The second-order valence-corrected chi connectivity index (χ2v) is 7.93. The first-order chi connectivity index (χ1) is 14.1. The predicted molar refractivity (Wildman–Crippen MR) is 105 cm³/mol. The van der Waals surface area contributed by atoms with Crippen LogP contribution >= 0.6 is 0 Å². The van der Waals surface area contributed by atoms with Gasteiger partial charge < -0.3 is 10.2 Å². The third kappa shape index (κ3) is 2.94. The maximum atomic E-state index is 13.9. The van der Waals surface area contributed by atoms with Crippen LogP contribution in [-0.4, -0.2) is 39.1 Å². The number of halogens is 1. The first-order valence-corrected chi connectivity index (χ1v) is 9.88. The molecule has 0 bridgehead atoms. The standard InChI is InChI=1S/C21H21FN6O/c22-17-2-1-3-18(15(17)12-23)27-9-4-14(5-10-27)21(6-7-21)26-20(29)16-13-25-28-11-8-24-19(16)28/h1-3,8,11,13-14,25H,4-7,9-10H2,(H,26,29). The van der Waals surface area contributed by atoms with Gasteiger partial charge in [0.25, 0.3) is 5.91 Å². The summed E-state index contributed by atoms with van der Waals surface area (Å²) in [6.07, 6.45) is 8.86. The third-order valence-electron chi connectivity index (χ3n) is 6.35. The number of aromatic nitrogens is 3. The van der Waals surface area contributed by atoms with Gasteiger partial charge >= 0.3 is 0 Å². The Morgan fingerprint density at radius 2 is 2.14 bits per heavy atom. The molecular weight excluding hydrogens is 371 g/mol. The Kier molecular flexibility index (Phi) is 4.05. The number of benzene rings is 1. The van der Waals surface area contributed by atoms with Gasteiger partial charge in [0.1, 0.15) is 23.0 Å². The number of nitriles is 1. The van der Waals surface area contributed by atoms with Crippen LogP contribution in [0.4, 0.5) is 10.1 Å². The molecule has 2 fully saturated rings. The maximum Gasteiger partial charge on any atom is 0.257 e. The first-order valence-electron chi connectivity index (χ1n) is 9.88. The van der Waals surface area contributed by atoms with E-state index in [0.717, 1.165) is 38.8 Å². The highest BCUT2D eigenvalue weighted by atomic mass is 19.1. The molecule has 0 spiro atoms. The van der Waals surface area contributed by atoms with E-state index in [9.17, 15) is 14.4 Å². The molecular formula is C21H21FN6O. The van der Waals surface area contributed by atoms with Gasteiger partial charge in [0.2, 0.25) is 0 Å². The van der Waals surface area contributed by atoms with E-state index in [1.807, 2.05) is 6.07 Å². The Hall–Kier alpha value is -3.34. The third-order valence-corrected chi connectivity index (χ3v) is 6.35. The van der Waals surface area contributed by atoms with Gasteiger partial charge in [-0.3, -0.25) is 9.89 Å². The number of fused-ring (bicyclic) bond motifs is 1. The van der Waals surface area contributed by atoms with Crippen LogP contribution in [0, 0.1) is 23.1 Å². The molecule has 1 saturated carbocycles. The van der Waals surface area contributed by atoms with E-state index in [0.29, 0.717) is 22.8 Å². The Bertz CT molecular complexity index is 1110. The SMILES string of the molecule is N#Cc1c(F)cccc1N1CCC(C2(NC(=O)c3c[nH]n4ccnc34)CC2)CC1. The van der Waals surface area contributed by atoms with Crippen LogP contribution in [0.1, 0.15) is 41.6 Å². The summed E-state index contributed by atoms with van der Waals surface area (Å²) >= 11 is 0. The van der Waals surface area contributed by atoms with E-state index < -0.39 is 5.82 Å². The van der Waals surface area contributed by atoms with Crippen LogP contribution in [0.3, 0.4) is 0 Å². The van der Waals surface area contributed by atoms with Gasteiger partial charge in [0.05, 0.1) is 5.69 Å². The van der Waals surface area contributed by atoms with Crippen molar-refractivity contribution in [2.75, 3.05) is 18.0 Å². The minimum atomic E-state index is -0.477. The van der Waals surface area contributed by atoms with E-state index >= 15 is 0 Å². The summed E-state index contributed by atoms with van der Waals surface area (Å²) in [5.74, 6) is -0.203. The Morgan fingerprint density at radius 1 is 1.34 bits per heavy atom. The quantitative estimate of drug-likeness (QED) is 0.715. The molecule has 29 heavy (non-hydrogen) atoms. The topological polar surface area (TPSA) is 89.2 Å². The number of nitrogens with zero attached hydrogens (tertiary/aromatic N) is 4. The first kappa shape index (κ1) is 17.7. The van der Waals surface area contributed by atoms with E-state index in [1.165, 1.54) is 6.07 Å². The number of carbonyl (C=O) groups is 1. The molecule has 1 aliphatic heterocycles. The van der Waals surface area contributed by atoms with Gasteiger partial charge in [-0.05, 0) is 43.7 Å². The minimum Gasteiger partial charge on any atom is -0.370 e.